The predicted molar refractivity (Wildman–Crippen MR) is 215 cm³/mol. The summed E-state index contributed by atoms with van der Waals surface area (Å²) in [6.07, 6.45) is -3.36. The number of hydrogen-bond acceptors (Lipinski definition) is 10. The van der Waals surface area contributed by atoms with Gasteiger partial charge >= 0.3 is 6.18 Å². The molecule has 3 amide bonds. The molecule has 1 spiro atoms. The number of morpholine rings is 1. The van der Waals surface area contributed by atoms with Crippen LogP contribution in [0.5, 0.6) is 5.75 Å². The van der Waals surface area contributed by atoms with Crippen LogP contribution in [-0.2, 0) is 38.4 Å². The number of alkyl halides is 3. The molecule has 0 unspecified atom stereocenters. The number of piperidine rings is 1. The van der Waals surface area contributed by atoms with Crippen LogP contribution in [0.3, 0.4) is 0 Å². The molecule has 3 aromatic rings. The van der Waals surface area contributed by atoms with E-state index in [1.54, 1.807) is 24.3 Å². The molecule has 1 aromatic heterocycles. The minimum atomic E-state index is -4.41. The van der Waals surface area contributed by atoms with E-state index in [0.717, 1.165) is 23.4 Å². The van der Waals surface area contributed by atoms with E-state index in [2.05, 4.69) is 34.4 Å². The van der Waals surface area contributed by atoms with Gasteiger partial charge in [0.2, 0.25) is 5.91 Å². The van der Waals surface area contributed by atoms with Crippen molar-refractivity contribution in [1.82, 2.24) is 25.0 Å². The van der Waals surface area contributed by atoms with Crippen molar-refractivity contribution in [2.45, 2.75) is 76.6 Å². The second kappa shape index (κ2) is 20.4. The standard InChI is InChI=1S/C42H54F4N6O6S/c1-29(2)39-49-34(27-59-39)40(55)52-21-24-58-41(28-52)12-17-50(18-13-41)25-32-7-3-5-30(37(32)43)10-22-56-23-11-36(54)51(19-14-42(44,45)46)20-16-47-15-9-31-6-4-8-33-38(31)57-26-35(53)48-33/h3-8,27,29,47H,9-26,28H2,1-2H3,(H,48,53). The summed E-state index contributed by atoms with van der Waals surface area (Å²) in [6.45, 7) is 7.89. The summed E-state index contributed by atoms with van der Waals surface area (Å²) in [5, 5.41) is 8.72. The Balaban J connectivity index is 0.908. The van der Waals surface area contributed by atoms with Gasteiger partial charge in [0.25, 0.3) is 11.8 Å². The highest BCUT2D eigenvalue weighted by atomic mass is 32.1. The monoisotopic (exact) mass is 846 g/mol. The van der Waals surface area contributed by atoms with Gasteiger partial charge in [0.05, 0.1) is 55.5 Å². The smallest absolute Gasteiger partial charge is 0.390 e. The van der Waals surface area contributed by atoms with Crippen molar-refractivity contribution in [2.75, 3.05) is 84.1 Å². The summed E-state index contributed by atoms with van der Waals surface area (Å²) in [4.78, 5) is 47.7. The maximum Gasteiger partial charge on any atom is 0.390 e. The summed E-state index contributed by atoms with van der Waals surface area (Å²) in [5.74, 6) is -0.189. The van der Waals surface area contributed by atoms with E-state index in [1.165, 1.54) is 16.2 Å². The zero-order valence-electron chi connectivity index (χ0n) is 33.7. The lowest BCUT2D eigenvalue weighted by atomic mass is 9.89. The number of rotatable bonds is 18. The first kappa shape index (κ1) is 44.4. The quantitative estimate of drug-likeness (QED) is 0.121. The van der Waals surface area contributed by atoms with Crippen LogP contribution in [0.25, 0.3) is 0 Å². The van der Waals surface area contributed by atoms with Crippen LogP contribution in [0.15, 0.2) is 41.8 Å². The molecule has 0 aliphatic carbocycles. The van der Waals surface area contributed by atoms with E-state index in [4.69, 9.17) is 14.2 Å². The highest BCUT2D eigenvalue weighted by molar-refractivity contribution is 7.09. The van der Waals surface area contributed by atoms with E-state index in [0.29, 0.717) is 80.6 Å². The molecule has 12 nitrogen and oxygen atoms in total. The van der Waals surface area contributed by atoms with Gasteiger partial charge in [-0.1, -0.05) is 44.2 Å². The van der Waals surface area contributed by atoms with Gasteiger partial charge in [-0.2, -0.15) is 13.2 Å². The van der Waals surface area contributed by atoms with Gasteiger partial charge in [-0.15, -0.1) is 11.3 Å². The maximum absolute atomic E-state index is 15.7. The van der Waals surface area contributed by atoms with Gasteiger partial charge in [0.15, 0.2) is 6.61 Å². The molecule has 0 bridgehead atoms. The maximum atomic E-state index is 15.7. The molecule has 59 heavy (non-hydrogen) atoms. The first-order chi connectivity index (χ1) is 28.3. The summed E-state index contributed by atoms with van der Waals surface area (Å²) in [5.41, 5.74) is 2.58. The van der Waals surface area contributed by atoms with Crippen LogP contribution in [0.4, 0.5) is 23.2 Å². The fraction of sp³-hybridized carbons (Fsp3) is 0.571. The Morgan fingerprint density at radius 2 is 1.80 bits per heavy atom. The highest BCUT2D eigenvalue weighted by Crippen LogP contribution is 2.33. The fourth-order valence-electron chi connectivity index (χ4n) is 7.60. The average molecular weight is 847 g/mol. The van der Waals surface area contributed by atoms with Crippen molar-refractivity contribution in [3.63, 3.8) is 0 Å². The van der Waals surface area contributed by atoms with Crippen molar-refractivity contribution < 1.29 is 46.2 Å². The first-order valence-corrected chi connectivity index (χ1v) is 21.2. The Morgan fingerprint density at radius 1 is 1.03 bits per heavy atom. The number of carbonyl (C=O) groups is 3. The van der Waals surface area contributed by atoms with E-state index < -0.39 is 30.7 Å². The number of amides is 3. The molecule has 3 aliphatic heterocycles. The molecule has 2 aromatic carbocycles. The molecule has 6 rings (SSSR count). The minimum absolute atomic E-state index is 0.00483. The van der Waals surface area contributed by atoms with E-state index in [1.807, 2.05) is 22.4 Å². The van der Waals surface area contributed by atoms with Gasteiger partial charge in [-0.25, -0.2) is 9.37 Å². The molecule has 2 N–H and O–H groups in total. The summed E-state index contributed by atoms with van der Waals surface area (Å²) >= 11 is 1.51. The van der Waals surface area contributed by atoms with Crippen molar-refractivity contribution in [3.8, 4) is 5.75 Å². The Morgan fingerprint density at radius 3 is 2.56 bits per heavy atom. The number of nitrogens with one attached hydrogen (secondary N) is 2. The zero-order valence-corrected chi connectivity index (χ0v) is 34.5. The number of benzene rings is 2. The molecule has 2 fully saturated rings. The second-order valence-electron chi connectivity index (χ2n) is 15.6. The highest BCUT2D eigenvalue weighted by Gasteiger charge is 2.41. The number of ether oxygens (including phenoxy) is 3. The van der Waals surface area contributed by atoms with Crippen molar-refractivity contribution in [1.29, 1.82) is 0 Å². The van der Waals surface area contributed by atoms with Crippen LogP contribution in [0, 0.1) is 5.82 Å². The molecule has 0 atom stereocenters. The third-order valence-electron chi connectivity index (χ3n) is 10.9. The van der Waals surface area contributed by atoms with Crippen LogP contribution in [0.1, 0.15) is 77.6 Å². The molecule has 17 heteroatoms. The van der Waals surface area contributed by atoms with Crippen LogP contribution >= 0.6 is 11.3 Å². The number of anilines is 1. The van der Waals surface area contributed by atoms with Crippen LogP contribution in [-0.4, -0.2) is 128 Å². The lowest BCUT2D eigenvalue weighted by molar-refractivity contribution is -0.145. The molecule has 4 heterocycles. The minimum Gasteiger partial charge on any atom is -0.481 e. The fourth-order valence-corrected chi connectivity index (χ4v) is 8.41. The molecular formula is C42H54F4N6O6S. The number of thiazole rings is 1. The van der Waals surface area contributed by atoms with Gasteiger partial charge in [-0.05, 0) is 49.4 Å². The molecular weight excluding hydrogens is 793 g/mol. The van der Waals surface area contributed by atoms with E-state index >= 15 is 4.39 Å². The normalized spacial score (nSPS) is 16.9. The predicted octanol–water partition coefficient (Wildman–Crippen LogP) is 5.81. The SMILES string of the molecule is CC(C)c1nc(C(=O)N2CCOC3(CCN(Cc4cccc(CCOCCC(=O)N(CCNCCc5cccc6c5OCC(=O)N6)CCC(F)(F)F)c4F)CC3)C2)cs1. The number of fused-ring (bicyclic) bond motifs is 1. The number of para-hydroxylation sites is 1. The van der Waals surface area contributed by atoms with E-state index in [9.17, 15) is 27.6 Å². The summed E-state index contributed by atoms with van der Waals surface area (Å²) in [7, 11) is 0. The molecule has 3 aliphatic rings. The lowest BCUT2D eigenvalue weighted by Crippen LogP contribution is -2.58. The topological polar surface area (TPSA) is 126 Å². The lowest BCUT2D eigenvalue weighted by Gasteiger charge is -2.47. The summed E-state index contributed by atoms with van der Waals surface area (Å²) in [6, 6.07) is 10.7. The Bertz CT molecular complexity index is 1900. The summed E-state index contributed by atoms with van der Waals surface area (Å²) < 4.78 is 72.5. The number of nitrogens with zero attached hydrogens (tertiary/aromatic N) is 4. The van der Waals surface area contributed by atoms with Gasteiger partial charge in [0.1, 0.15) is 17.3 Å². The molecule has 0 saturated carbocycles. The molecule has 322 valence electrons. The third kappa shape index (κ3) is 12.4. The number of aromatic nitrogens is 1. The van der Waals surface area contributed by atoms with Gasteiger partial charge in [0, 0.05) is 62.7 Å². The molecule has 2 saturated heterocycles. The third-order valence-corrected chi connectivity index (χ3v) is 12.1. The Kier molecular flexibility index (Phi) is 15.4. The number of halogens is 4. The number of carbonyl (C=O) groups excluding carboxylic acids is 3. The molecule has 0 radical (unpaired) electrons. The van der Waals surface area contributed by atoms with Crippen LogP contribution in [0.2, 0.25) is 0 Å². The largest absolute Gasteiger partial charge is 0.481 e. The Hall–Kier alpha value is -4.16. The van der Waals surface area contributed by atoms with Crippen molar-refractivity contribution >= 4 is 34.7 Å². The van der Waals surface area contributed by atoms with Gasteiger partial charge < -0.3 is 34.6 Å². The number of hydrogen-bond donors (Lipinski definition) is 2. The average Bonchev–Trinajstić information content (AvgIpc) is 3.71. The van der Waals surface area contributed by atoms with E-state index in [-0.39, 0.29) is 69.3 Å². The Labute approximate surface area is 346 Å². The van der Waals surface area contributed by atoms with Crippen LogP contribution < -0.4 is 15.4 Å². The van der Waals surface area contributed by atoms with Gasteiger partial charge in [-0.3, -0.25) is 19.3 Å². The van der Waals surface area contributed by atoms with Crippen molar-refractivity contribution in [3.05, 3.63) is 75.0 Å². The second-order valence-corrected chi connectivity index (χ2v) is 16.5. The number of likely N-dealkylation sites (tertiary alicyclic amines) is 1. The first-order valence-electron chi connectivity index (χ1n) is 20.3. The van der Waals surface area contributed by atoms with Crippen molar-refractivity contribution in [2.24, 2.45) is 0 Å². The zero-order chi connectivity index (χ0) is 42.0.